The molecule has 1 unspecified atom stereocenters. The predicted molar refractivity (Wildman–Crippen MR) is 53.2 cm³/mol. The summed E-state index contributed by atoms with van der Waals surface area (Å²) in [5.74, 6) is 1.34. The summed E-state index contributed by atoms with van der Waals surface area (Å²) in [6, 6.07) is 0. The van der Waals surface area contributed by atoms with E-state index in [2.05, 4.69) is 20.8 Å². The van der Waals surface area contributed by atoms with Gasteiger partial charge in [-0.15, -0.1) is 0 Å². The van der Waals surface area contributed by atoms with E-state index in [0.29, 0.717) is 11.7 Å². The SMILES string of the molecule is CCC(CC)CC(=O)C(C)CC. The van der Waals surface area contributed by atoms with Crippen LogP contribution >= 0.6 is 0 Å². The van der Waals surface area contributed by atoms with Crippen molar-refractivity contribution in [1.29, 1.82) is 0 Å². The van der Waals surface area contributed by atoms with E-state index in [0.717, 1.165) is 25.7 Å². The smallest absolute Gasteiger partial charge is 0.135 e. The van der Waals surface area contributed by atoms with Gasteiger partial charge in [0, 0.05) is 12.3 Å². The van der Waals surface area contributed by atoms with E-state index in [4.69, 9.17) is 0 Å². The third kappa shape index (κ3) is 3.89. The summed E-state index contributed by atoms with van der Waals surface area (Å²) in [6.45, 7) is 8.44. The van der Waals surface area contributed by atoms with Crippen molar-refractivity contribution in [3.8, 4) is 0 Å². The number of carbonyl (C=O) groups excluding carboxylic acids is 1. The van der Waals surface area contributed by atoms with Crippen LogP contribution in [0.25, 0.3) is 0 Å². The summed E-state index contributed by atoms with van der Waals surface area (Å²) in [6.07, 6.45) is 4.05. The highest BCUT2D eigenvalue weighted by atomic mass is 16.1. The molecule has 1 nitrogen and oxygen atoms in total. The van der Waals surface area contributed by atoms with Crippen LogP contribution in [0.15, 0.2) is 0 Å². The fourth-order valence-corrected chi connectivity index (χ4v) is 1.29. The second-order valence-electron chi connectivity index (χ2n) is 3.66. The maximum atomic E-state index is 11.5. The van der Waals surface area contributed by atoms with Crippen LogP contribution in [0.3, 0.4) is 0 Å². The molecule has 12 heavy (non-hydrogen) atoms. The molecule has 0 N–H and O–H groups in total. The molecular formula is C11H22O. The third-order valence-corrected chi connectivity index (χ3v) is 2.81. The largest absolute Gasteiger partial charge is 0.299 e. The zero-order chi connectivity index (χ0) is 9.56. The van der Waals surface area contributed by atoms with Gasteiger partial charge in [-0.25, -0.2) is 0 Å². The first-order valence-electron chi connectivity index (χ1n) is 5.18. The van der Waals surface area contributed by atoms with Gasteiger partial charge in [0.2, 0.25) is 0 Å². The minimum atomic E-state index is 0.269. The van der Waals surface area contributed by atoms with Crippen molar-refractivity contribution in [1.82, 2.24) is 0 Å². The molecule has 0 saturated heterocycles. The quantitative estimate of drug-likeness (QED) is 0.597. The van der Waals surface area contributed by atoms with Gasteiger partial charge in [0.1, 0.15) is 5.78 Å². The normalized spacial score (nSPS) is 13.4. The van der Waals surface area contributed by atoms with Crippen LogP contribution in [0.5, 0.6) is 0 Å². The molecule has 0 aliphatic carbocycles. The van der Waals surface area contributed by atoms with E-state index in [1.165, 1.54) is 0 Å². The minimum absolute atomic E-state index is 0.269. The average molecular weight is 170 g/mol. The van der Waals surface area contributed by atoms with Crippen LogP contribution in [-0.4, -0.2) is 5.78 Å². The van der Waals surface area contributed by atoms with Crippen LogP contribution in [0.4, 0.5) is 0 Å². The molecule has 0 saturated carbocycles. The topological polar surface area (TPSA) is 17.1 Å². The Hall–Kier alpha value is -0.330. The van der Waals surface area contributed by atoms with Gasteiger partial charge < -0.3 is 0 Å². The number of hydrogen-bond acceptors (Lipinski definition) is 1. The number of rotatable bonds is 6. The molecule has 1 atom stereocenters. The summed E-state index contributed by atoms with van der Waals surface area (Å²) in [5, 5.41) is 0. The van der Waals surface area contributed by atoms with Crippen LogP contribution in [0, 0.1) is 11.8 Å². The van der Waals surface area contributed by atoms with Crippen LogP contribution in [0.2, 0.25) is 0 Å². The molecule has 0 spiro atoms. The molecular weight excluding hydrogens is 148 g/mol. The maximum Gasteiger partial charge on any atom is 0.135 e. The van der Waals surface area contributed by atoms with Crippen molar-refractivity contribution in [3.63, 3.8) is 0 Å². The van der Waals surface area contributed by atoms with Gasteiger partial charge in [-0.3, -0.25) is 4.79 Å². The molecule has 0 aliphatic rings. The molecule has 0 aromatic heterocycles. The standard InChI is InChI=1S/C11H22O/c1-5-9(4)11(12)8-10(6-2)7-3/h9-10H,5-8H2,1-4H3. The zero-order valence-corrected chi connectivity index (χ0v) is 8.89. The highest BCUT2D eigenvalue weighted by Crippen LogP contribution is 2.16. The van der Waals surface area contributed by atoms with E-state index in [-0.39, 0.29) is 5.92 Å². The van der Waals surface area contributed by atoms with E-state index in [1.807, 2.05) is 6.92 Å². The minimum Gasteiger partial charge on any atom is -0.299 e. The van der Waals surface area contributed by atoms with E-state index < -0.39 is 0 Å². The summed E-state index contributed by atoms with van der Waals surface area (Å²) >= 11 is 0. The van der Waals surface area contributed by atoms with Crippen LogP contribution in [0.1, 0.15) is 53.4 Å². The highest BCUT2D eigenvalue weighted by Gasteiger charge is 2.14. The first-order chi connectivity index (χ1) is 5.65. The molecule has 0 amide bonds. The van der Waals surface area contributed by atoms with Gasteiger partial charge in [-0.05, 0) is 12.3 Å². The highest BCUT2D eigenvalue weighted by molar-refractivity contribution is 5.80. The van der Waals surface area contributed by atoms with Crippen molar-refractivity contribution in [3.05, 3.63) is 0 Å². The Morgan fingerprint density at radius 3 is 1.92 bits per heavy atom. The van der Waals surface area contributed by atoms with Gasteiger partial charge in [-0.1, -0.05) is 40.5 Å². The number of ketones is 1. The molecule has 72 valence electrons. The summed E-state index contributed by atoms with van der Waals surface area (Å²) in [5.41, 5.74) is 0. The van der Waals surface area contributed by atoms with E-state index >= 15 is 0 Å². The van der Waals surface area contributed by atoms with Crippen LogP contribution in [-0.2, 0) is 4.79 Å². The van der Waals surface area contributed by atoms with Crippen molar-refractivity contribution in [2.45, 2.75) is 53.4 Å². The Labute approximate surface area is 76.6 Å². The van der Waals surface area contributed by atoms with Crippen LogP contribution < -0.4 is 0 Å². The first-order valence-corrected chi connectivity index (χ1v) is 5.18. The van der Waals surface area contributed by atoms with Gasteiger partial charge in [-0.2, -0.15) is 0 Å². The second kappa shape index (κ2) is 6.22. The van der Waals surface area contributed by atoms with Gasteiger partial charge in [0.25, 0.3) is 0 Å². The molecule has 0 aromatic carbocycles. The Balaban J connectivity index is 3.81. The van der Waals surface area contributed by atoms with Gasteiger partial charge in [0.15, 0.2) is 0 Å². The molecule has 1 heteroatoms. The molecule has 0 fully saturated rings. The Bertz CT molecular complexity index is 125. The zero-order valence-electron chi connectivity index (χ0n) is 8.89. The Morgan fingerprint density at radius 1 is 1.08 bits per heavy atom. The Morgan fingerprint density at radius 2 is 1.58 bits per heavy atom. The lowest BCUT2D eigenvalue weighted by Crippen LogP contribution is -2.14. The average Bonchev–Trinajstić information content (AvgIpc) is 2.12. The van der Waals surface area contributed by atoms with E-state index in [9.17, 15) is 4.79 Å². The van der Waals surface area contributed by atoms with Gasteiger partial charge >= 0.3 is 0 Å². The van der Waals surface area contributed by atoms with Crippen molar-refractivity contribution >= 4 is 5.78 Å². The summed E-state index contributed by atoms with van der Waals surface area (Å²) < 4.78 is 0. The number of Topliss-reactive ketones (excluding diaryl/α,β-unsaturated/α-hetero) is 1. The Kier molecular flexibility index (Phi) is 6.04. The predicted octanol–water partition coefficient (Wildman–Crippen LogP) is 3.43. The fourth-order valence-electron chi connectivity index (χ4n) is 1.29. The van der Waals surface area contributed by atoms with Crippen molar-refractivity contribution < 1.29 is 4.79 Å². The molecule has 0 radical (unpaired) electrons. The molecule has 0 bridgehead atoms. The van der Waals surface area contributed by atoms with E-state index in [1.54, 1.807) is 0 Å². The fraction of sp³-hybridized carbons (Fsp3) is 0.909. The third-order valence-electron chi connectivity index (χ3n) is 2.81. The van der Waals surface area contributed by atoms with Crippen molar-refractivity contribution in [2.75, 3.05) is 0 Å². The maximum absolute atomic E-state index is 11.5. The molecule has 0 aliphatic heterocycles. The molecule has 0 aromatic rings. The lowest BCUT2D eigenvalue weighted by molar-refractivity contribution is -0.123. The van der Waals surface area contributed by atoms with Crippen molar-refractivity contribution in [2.24, 2.45) is 11.8 Å². The summed E-state index contributed by atoms with van der Waals surface area (Å²) in [4.78, 5) is 11.5. The second-order valence-corrected chi connectivity index (χ2v) is 3.66. The number of carbonyl (C=O) groups is 1. The lowest BCUT2D eigenvalue weighted by atomic mass is 9.91. The first kappa shape index (κ1) is 11.7. The molecule has 0 rings (SSSR count). The monoisotopic (exact) mass is 170 g/mol. The lowest BCUT2D eigenvalue weighted by Gasteiger charge is -2.13. The molecule has 0 heterocycles. The number of hydrogen-bond donors (Lipinski definition) is 0. The van der Waals surface area contributed by atoms with Gasteiger partial charge in [0.05, 0.1) is 0 Å². The summed E-state index contributed by atoms with van der Waals surface area (Å²) in [7, 11) is 0.